The SMILES string of the molecule is C=C1CC2COC(=O)C2(Cc2ccc(OC)c(O)c2)C1. The van der Waals surface area contributed by atoms with Gasteiger partial charge in [-0.25, -0.2) is 0 Å². The van der Waals surface area contributed by atoms with Crippen molar-refractivity contribution in [3.63, 3.8) is 0 Å². The molecule has 0 bridgehead atoms. The molecule has 1 aromatic carbocycles. The van der Waals surface area contributed by atoms with Crippen molar-refractivity contribution in [2.75, 3.05) is 13.7 Å². The molecular weight excluding hydrogens is 256 g/mol. The topological polar surface area (TPSA) is 55.8 Å². The Morgan fingerprint density at radius 3 is 3.05 bits per heavy atom. The third-order valence-corrected chi connectivity index (χ3v) is 4.47. The molecule has 1 saturated carbocycles. The van der Waals surface area contributed by atoms with Crippen LogP contribution in [0.4, 0.5) is 0 Å². The molecule has 4 heteroatoms. The highest BCUT2D eigenvalue weighted by molar-refractivity contribution is 5.81. The number of hydrogen-bond donors (Lipinski definition) is 1. The quantitative estimate of drug-likeness (QED) is 0.679. The molecule has 1 N–H and O–H groups in total. The van der Waals surface area contributed by atoms with Crippen molar-refractivity contribution in [3.05, 3.63) is 35.9 Å². The van der Waals surface area contributed by atoms with Crippen LogP contribution in [0.3, 0.4) is 0 Å². The summed E-state index contributed by atoms with van der Waals surface area (Å²) in [6.07, 6.45) is 2.12. The van der Waals surface area contributed by atoms with Crippen molar-refractivity contribution < 1.29 is 19.4 Å². The van der Waals surface area contributed by atoms with Gasteiger partial charge in [0, 0.05) is 5.92 Å². The van der Waals surface area contributed by atoms with Crippen molar-refractivity contribution in [1.29, 1.82) is 0 Å². The highest BCUT2D eigenvalue weighted by Gasteiger charge is 2.55. The van der Waals surface area contributed by atoms with Gasteiger partial charge in [-0.1, -0.05) is 18.2 Å². The fourth-order valence-electron chi connectivity index (χ4n) is 3.47. The number of cyclic esters (lactones) is 1. The van der Waals surface area contributed by atoms with Crippen LogP contribution in [0.2, 0.25) is 0 Å². The maximum atomic E-state index is 12.2. The summed E-state index contributed by atoms with van der Waals surface area (Å²) in [6, 6.07) is 5.27. The summed E-state index contributed by atoms with van der Waals surface area (Å²) in [5, 5.41) is 9.86. The highest BCUT2D eigenvalue weighted by atomic mass is 16.5. The number of rotatable bonds is 3. The number of phenolic OH excluding ortho intramolecular Hbond substituents is 1. The van der Waals surface area contributed by atoms with Gasteiger partial charge in [-0.15, -0.1) is 0 Å². The number of fused-ring (bicyclic) bond motifs is 1. The van der Waals surface area contributed by atoms with E-state index in [1.165, 1.54) is 7.11 Å². The summed E-state index contributed by atoms with van der Waals surface area (Å²) >= 11 is 0. The second-order valence-electron chi connectivity index (χ2n) is 5.77. The second kappa shape index (κ2) is 4.54. The zero-order valence-electron chi connectivity index (χ0n) is 11.5. The number of esters is 1. The standard InChI is InChI=1S/C16H18O4/c1-10-5-12-9-20-15(18)16(12,7-10)8-11-3-4-14(19-2)13(17)6-11/h3-4,6,12,17H,1,5,7-9H2,2H3. The van der Waals surface area contributed by atoms with E-state index < -0.39 is 5.41 Å². The van der Waals surface area contributed by atoms with Crippen molar-refractivity contribution in [1.82, 2.24) is 0 Å². The molecule has 0 amide bonds. The Morgan fingerprint density at radius 2 is 2.35 bits per heavy atom. The van der Waals surface area contributed by atoms with E-state index in [9.17, 15) is 9.90 Å². The third-order valence-electron chi connectivity index (χ3n) is 4.47. The van der Waals surface area contributed by atoms with Crippen LogP contribution in [0.5, 0.6) is 11.5 Å². The minimum absolute atomic E-state index is 0.0983. The van der Waals surface area contributed by atoms with E-state index >= 15 is 0 Å². The Hall–Kier alpha value is -1.97. The molecule has 1 heterocycles. The van der Waals surface area contributed by atoms with Crippen LogP contribution in [0.25, 0.3) is 0 Å². The molecule has 1 aromatic rings. The normalized spacial score (nSPS) is 28.4. The molecule has 4 nitrogen and oxygen atoms in total. The Bertz CT molecular complexity index is 578. The molecule has 2 unspecified atom stereocenters. The first kappa shape index (κ1) is 13.0. The van der Waals surface area contributed by atoms with E-state index in [0.717, 1.165) is 17.6 Å². The van der Waals surface area contributed by atoms with Gasteiger partial charge in [0.05, 0.1) is 19.1 Å². The van der Waals surface area contributed by atoms with Gasteiger partial charge in [-0.05, 0) is 37.0 Å². The first-order chi connectivity index (χ1) is 9.55. The minimum Gasteiger partial charge on any atom is -0.504 e. The molecule has 0 spiro atoms. The predicted molar refractivity (Wildman–Crippen MR) is 73.6 cm³/mol. The number of benzene rings is 1. The van der Waals surface area contributed by atoms with Gasteiger partial charge in [-0.2, -0.15) is 0 Å². The lowest BCUT2D eigenvalue weighted by Crippen LogP contribution is -2.31. The number of methoxy groups -OCH3 is 1. The maximum absolute atomic E-state index is 12.2. The number of hydrogen-bond acceptors (Lipinski definition) is 4. The molecule has 1 aliphatic heterocycles. The second-order valence-corrected chi connectivity index (χ2v) is 5.77. The van der Waals surface area contributed by atoms with E-state index in [0.29, 0.717) is 25.2 Å². The van der Waals surface area contributed by atoms with Gasteiger partial charge < -0.3 is 14.6 Å². The molecule has 2 aliphatic rings. The van der Waals surface area contributed by atoms with Crippen LogP contribution < -0.4 is 4.74 Å². The Labute approximate surface area is 118 Å². The summed E-state index contributed by atoms with van der Waals surface area (Å²) < 4.78 is 10.3. The van der Waals surface area contributed by atoms with Crippen LogP contribution >= 0.6 is 0 Å². The van der Waals surface area contributed by atoms with Crippen molar-refractivity contribution in [3.8, 4) is 11.5 Å². The van der Waals surface area contributed by atoms with Gasteiger partial charge >= 0.3 is 5.97 Å². The first-order valence-corrected chi connectivity index (χ1v) is 6.75. The Balaban J connectivity index is 1.91. The smallest absolute Gasteiger partial charge is 0.313 e. The fraction of sp³-hybridized carbons (Fsp3) is 0.438. The molecule has 0 aromatic heterocycles. The Kier molecular flexibility index (Phi) is 2.96. The van der Waals surface area contributed by atoms with Gasteiger partial charge in [0.25, 0.3) is 0 Å². The van der Waals surface area contributed by atoms with Crippen molar-refractivity contribution in [2.24, 2.45) is 11.3 Å². The van der Waals surface area contributed by atoms with Crippen LogP contribution in [0.15, 0.2) is 30.4 Å². The molecule has 20 heavy (non-hydrogen) atoms. The lowest BCUT2D eigenvalue weighted by Gasteiger charge is -2.24. The largest absolute Gasteiger partial charge is 0.504 e. The summed E-state index contributed by atoms with van der Waals surface area (Å²) in [4.78, 5) is 12.2. The molecular formula is C16H18O4. The van der Waals surface area contributed by atoms with Crippen LogP contribution in [-0.4, -0.2) is 24.8 Å². The molecule has 2 atom stereocenters. The van der Waals surface area contributed by atoms with Gasteiger partial charge in [-0.3, -0.25) is 4.79 Å². The van der Waals surface area contributed by atoms with E-state index in [4.69, 9.17) is 9.47 Å². The monoisotopic (exact) mass is 274 g/mol. The summed E-state index contributed by atoms with van der Waals surface area (Å²) in [6.45, 7) is 4.51. The maximum Gasteiger partial charge on any atom is 0.313 e. The van der Waals surface area contributed by atoms with Crippen LogP contribution in [0, 0.1) is 11.3 Å². The lowest BCUT2D eigenvalue weighted by molar-refractivity contribution is -0.146. The highest BCUT2D eigenvalue weighted by Crippen LogP contribution is 2.52. The van der Waals surface area contributed by atoms with Gasteiger partial charge in [0.2, 0.25) is 0 Å². The minimum atomic E-state index is -0.488. The zero-order chi connectivity index (χ0) is 14.3. The number of allylic oxidation sites excluding steroid dienone is 1. The van der Waals surface area contributed by atoms with Crippen LogP contribution in [0.1, 0.15) is 18.4 Å². The average molecular weight is 274 g/mol. The van der Waals surface area contributed by atoms with Gasteiger partial charge in [0.1, 0.15) is 0 Å². The number of ether oxygens (including phenoxy) is 2. The summed E-state index contributed by atoms with van der Waals surface area (Å²) in [5.41, 5.74) is 1.55. The third kappa shape index (κ3) is 1.87. The molecule has 1 aliphatic carbocycles. The summed E-state index contributed by atoms with van der Waals surface area (Å²) in [5.74, 6) is 0.622. The Morgan fingerprint density at radius 1 is 1.55 bits per heavy atom. The molecule has 1 saturated heterocycles. The van der Waals surface area contributed by atoms with Gasteiger partial charge in [0.15, 0.2) is 11.5 Å². The van der Waals surface area contributed by atoms with E-state index in [2.05, 4.69) is 6.58 Å². The average Bonchev–Trinajstić information content (AvgIpc) is 2.86. The number of carbonyl (C=O) groups excluding carboxylic acids is 1. The van der Waals surface area contributed by atoms with E-state index in [1.807, 2.05) is 6.07 Å². The summed E-state index contributed by atoms with van der Waals surface area (Å²) in [7, 11) is 1.51. The molecule has 106 valence electrons. The van der Waals surface area contributed by atoms with E-state index in [-0.39, 0.29) is 17.6 Å². The molecule has 3 rings (SSSR count). The van der Waals surface area contributed by atoms with Crippen molar-refractivity contribution >= 4 is 5.97 Å². The molecule has 2 fully saturated rings. The number of phenols is 1. The lowest BCUT2D eigenvalue weighted by atomic mass is 9.75. The fourth-order valence-corrected chi connectivity index (χ4v) is 3.47. The number of aromatic hydroxyl groups is 1. The van der Waals surface area contributed by atoms with Crippen LogP contribution in [-0.2, 0) is 16.0 Å². The van der Waals surface area contributed by atoms with E-state index in [1.54, 1.807) is 12.1 Å². The van der Waals surface area contributed by atoms with Crippen molar-refractivity contribution in [2.45, 2.75) is 19.3 Å². The number of carbonyl (C=O) groups is 1. The zero-order valence-corrected chi connectivity index (χ0v) is 11.5. The predicted octanol–water partition coefficient (Wildman–Crippen LogP) is 2.45. The first-order valence-electron chi connectivity index (χ1n) is 6.75. The molecule has 0 radical (unpaired) electrons.